The van der Waals surface area contributed by atoms with Gasteiger partial charge in [-0.25, -0.2) is 4.39 Å². The maximum atomic E-state index is 13.4. The van der Waals surface area contributed by atoms with Gasteiger partial charge < -0.3 is 4.90 Å². The summed E-state index contributed by atoms with van der Waals surface area (Å²) in [6.07, 6.45) is 3.36. The summed E-state index contributed by atoms with van der Waals surface area (Å²) < 4.78 is 14.7. The molecule has 98 valence electrons. The van der Waals surface area contributed by atoms with Crippen molar-refractivity contribution in [2.75, 3.05) is 13.1 Å². The summed E-state index contributed by atoms with van der Waals surface area (Å²) in [6, 6.07) is 4.02. The minimum absolute atomic E-state index is 0.108. The molecule has 2 aromatic rings. The van der Waals surface area contributed by atoms with Crippen molar-refractivity contribution < 1.29 is 9.18 Å². The van der Waals surface area contributed by atoms with Crippen molar-refractivity contribution in [3.8, 4) is 5.69 Å². The SMILES string of the molecule is O=C(c1ccc(F)cc1-n1cnnn1)N1CCCC1. The van der Waals surface area contributed by atoms with Gasteiger partial charge in [0.05, 0.1) is 11.3 Å². The number of hydrogen-bond donors (Lipinski definition) is 0. The molecule has 1 aromatic heterocycles. The molecule has 6 nitrogen and oxygen atoms in total. The van der Waals surface area contributed by atoms with E-state index in [1.54, 1.807) is 4.90 Å². The first kappa shape index (κ1) is 11.8. The summed E-state index contributed by atoms with van der Waals surface area (Å²) in [5.74, 6) is -0.536. The van der Waals surface area contributed by atoms with Gasteiger partial charge in [-0.2, -0.15) is 4.68 Å². The number of carbonyl (C=O) groups excluding carboxylic acids is 1. The Kier molecular flexibility index (Phi) is 2.94. The minimum atomic E-state index is -0.427. The Hall–Kier alpha value is -2.31. The fourth-order valence-electron chi connectivity index (χ4n) is 2.24. The monoisotopic (exact) mass is 261 g/mol. The van der Waals surface area contributed by atoms with Crippen molar-refractivity contribution in [1.29, 1.82) is 0 Å². The van der Waals surface area contributed by atoms with Crippen LogP contribution in [0.1, 0.15) is 23.2 Å². The number of nitrogens with zero attached hydrogens (tertiary/aromatic N) is 5. The molecule has 0 aliphatic carbocycles. The molecule has 2 heterocycles. The van der Waals surface area contributed by atoms with Gasteiger partial charge in [-0.1, -0.05) is 0 Å². The predicted octanol–water partition coefficient (Wildman–Crippen LogP) is 1.04. The number of halogens is 1. The fraction of sp³-hybridized carbons (Fsp3) is 0.333. The van der Waals surface area contributed by atoms with Gasteiger partial charge in [0.15, 0.2) is 0 Å². The number of benzene rings is 1. The highest BCUT2D eigenvalue weighted by Crippen LogP contribution is 2.19. The Morgan fingerprint density at radius 1 is 1.26 bits per heavy atom. The lowest BCUT2D eigenvalue weighted by Gasteiger charge is -2.17. The zero-order valence-corrected chi connectivity index (χ0v) is 10.2. The minimum Gasteiger partial charge on any atom is -0.339 e. The van der Waals surface area contributed by atoms with Crippen molar-refractivity contribution in [3.63, 3.8) is 0 Å². The second-order valence-corrected chi connectivity index (χ2v) is 4.42. The molecule has 1 amide bonds. The maximum Gasteiger partial charge on any atom is 0.256 e. The number of hydrogen-bond acceptors (Lipinski definition) is 4. The lowest BCUT2D eigenvalue weighted by Crippen LogP contribution is -2.28. The molecule has 0 bridgehead atoms. The Morgan fingerprint density at radius 2 is 2.05 bits per heavy atom. The first-order valence-corrected chi connectivity index (χ1v) is 6.08. The number of amides is 1. The zero-order chi connectivity index (χ0) is 13.2. The second-order valence-electron chi connectivity index (χ2n) is 4.42. The predicted molar refractivity (Wildman–Crippen MR) is 64.2 cm³/mol. The van der Waals surface area contributed by atoms with E-state index in [4.69, 9.17) is 0 Å². The van der Waals surface area contributed by atoms with Gasteiger partial charge in [0.1, 0.15) is 12.1 Å². The molecule has 1 fully saturated rings. The first-order valence-electron chi connectivity index (χ1n) is 6.08. The third-order valence-electron chi connectivity index (χ3n) is 3.18. The summed E-state index contributed by atoms with van der Waals surface area (Å²) in [5, 5.41) is 10.7. The second kappa shape index (κ2) is 4.75. The van der Waals surface area contributed by atoms with E-state index >= 15 is 0 Å². The molecule has 0 saturated carbocycles. The summed E-state index contributed by atoms with van der Waals surface area (Å²) in [5.41, 5.74) is 0.775. The third kappa shape index (κ3) is 2.18. The number of tetrazole rings is 1. The highest BCUT2D eigenvalue weighted by Gasteiger charge is 2.23. The van der Waals surface area contributed by atoms with Gasteiger partial charge >= 0.3 is 0 Å². The van der Waals surface area contributed by atoms with Gasteiger partial charge in [0, 0.05) is 19.2 Å². The number of rotatable bonds is 2. The molecular weight excluding hydrogens is 249 g/mol. The molecule has 0 unspecified atom stereocenters. The van der Waals surface area contributed by atoms with E-state index in [1.165, 1.54) is 29.2 Å². The molecule has 1 saturated heterocycles. The average molecular weight is 261 g/mol. The van der Waals surface area contributed by atoms with Crippen LogP contribution < -0.4 is 0 Å². The zero-order valence-electron chi connectivity index (χ0n) is 10.2. The Labute approximate surface area is 108 Å². The summed E-state index contributed by atoms with van der Waals surface area (Å²) in [6.45, 7) is 1.48. The molecule has 19 heavy (non-hydrogen) atoms. The van der Waals surface area contributed by atoms with Crippen molar-refractivity contribution >= 4 is 5.91 Å². The highest BCUT2D eigenvalue weighted by molar-refractivity contribution is 5.97. The van der Waals surface area contributed by atoms with Crippen molar-refractivity contribution in [1.82, 2.24) is 25.1 Å². The normalized spacial score (nSPS) is 14.9. The van der Waals surface area contributed by atoms with E-state index in [0.717, 1.165) is 25.9 Å². The van der Waals surface area contributed by atoms with E-state index in [0.29, 0.717) is 11.3 Å². The Bertz CT molecular complexity index is 592. The van der Waals surface area contributed by atoms with Gasteiger partial charge in [-0.3, -0.25) is 4.79 Å². The average Bonchev–Trinajstić information content (AvgIpc) is 3.11. The molecule has 1 aliphatic rings. The Balaban J connectivity index is 2.03. The van der Waals surface area contributed by atoms with E-state index in [9.17, 15) is 9.18 Å². The largest absolute Gasteiger partial charge is 0.339 e. The van der Waals surface area contributed by atoms with Gasteiger partial charge in [-0.15, -0.1) is 5.10 Å². The van der Waals surface area contributed by atoms with Gasteiger partial charge in [0.25, 0.3) is 5.91 Å². The molecule has 0 atom stereocenters. The van der Waals surface area contributed by atoms with Crippen LogP contribution in [0.3, 0.4) is 0 Å². The van der Waals surface area contributed by atoms with Crippen LogP contribution in [0.5, 0.6) is 0 Å². The topological polar surface area (TPSA) is 63.9 Å². The molecular formula is C12H12FN5O. The molecule has 1 aromatic carbocycles. The lowest BCUT2D eigenvalue weighted by molar-refractivity contribution is 0.0792. The Morgan fingerprint density at radius 3 is 2.74 bits per heavy atom. The molecule has 1 aliphatic heterocycles. The smallest absolute Gasteiger partial charge is 0.256 e. The van der Waals surface area contributed by atoms with E-state index in [2.05, 4.69) is 15.5 Å². The molecule has 3 rings (SSSR count). The van der Waals surface area contributed by atoms with Crippen molar-refractivity contribution in [2.45, 2.75) is 12.8 Å². The molecule has 7 heteroatoms. The van der Waals surface area contributed by atoms with Gasteiger partial charge in [-0.05, 0) is 35.4 Å². The van der Waals surface area contributed by atoms with Crippen molar-refractivity contribution in [3.05, 3.63) is 35.9 Å². The van der Waals surface area contributed by atoms with Crippen LogP contribution in [0.15, 0.2) is 24.5 Å². The number of carbonyl (C=O) groups is 1. The lowest BCUT2D eigenvalue weighted by atomic mass is 10.1. The summed E-state index contributed by atoms with van der Waals surface area (Å²) >= 11 is 0. The van der Waals surface area contributed by atoms with Crippen LogP contribution in [0.4, 0.5) is 4.39 Å². The van der Waals surface area contributed by atoms with E-state index < -0.39 is 5.82 Å². The standard InChI is InChI=1S/C12H12FN5O/c13-9-3-4-10(12(19)17-5-1-2-6-17)11(7-9)18-8-14-15-16-18/h3-4,7-8H,1-2,5-6H2. The summed E-state index contributed by atoms with van der Waals surface area (Å²) in [7, 11) is 0. The first-order chi connectivity index (χ1) is 9.25. The molecule has 0 radical (unpaired) electrons. The van der Waals surface area contributed by atoms with Crippen LogP contribution in [-0.4, -0.2) is 44.1 Å². The van der Waals surface area contributed by atoms with Crippen LogP contribution in [0, 0.1) is 5.82 Å². The van der Waals surface area contributed by atoms with Crippen LogP contribution in [0.25, 0.3) is 5.69 Å². The van der Waals surface area contributed by atoms with E-state index in [1.807, 2.05) is 0 Å². The van der Waals surface area contributed by atoms with E-state index in [-0.39, 0.29) is 5.91 Å². The highest BCUT2D eigenvalue weighted by atomic mass is 19.1. The van der Waals surface area contributed by atoms with Crippen LogP contribution >= 0.6 is 0 Å². The molecule has 0 N–H and O–H groups in total. The van der Waals surface area contributed by atoms with Gasteiger partial charge in [0.2, 0.25) is 0 Å². The van der Waals surface area contributed by atoms with Crippen LogP contribution in [-0.2, 0) is 0 Å². The van der Waals surface area contributed by atoms with Crippen molar-refractivity contribution in [2.24, 2.45) is 0 Å². The van der Waals surface area contributed by atoms with Crippen LogP contribution in [0.2, 0.25) is 0 Å². The molecule has 0 spiro atoms. The third-order valence-corrected chi connectivity index (χ3v) is 3.18. The number of aromatic nitrogens is 4. The maximum absolute atomic E-state index is 13.4. The number of likely N-dealkylation sites (tertiary alicyclic amines) is 1. The summed E-state index contributed by atoms with van der Waals surface area (Å²) in [4.78, 5) is 14.2. The fourth-order valence-corrected chi connectivity index (χ4v) is 2.24. The quantitative estimate of drug-likeness (QED) is 0.810.